The summed E-state index contributed by atoms with van der Waals surface area (Å²) < 4.78 is 7.71. The number of methoxy groups -OCH3 is 1. The largest absolute Gasteiger partial charge is 0.496 e. The molecule has 1 amide bonds. The SMILES string of the molecule is COc1ccccc1CCn1ccc2c(Nc3nc(N[C@@H]4CCCC[C@@H]4N)ncc3C(N)=O)cccc21. The van der Waals surface area contributed by atoms with E-state index in [0.717, 1.165) is 66.6 Å². The Kier molecular flexibility index (Phi) is 7.23. The van der Waals surface area contributed by atoms with E-state index in [9.17, 15) is 4.79 Å². The molecule has 37 heavy (non-hydrogen) atoms. The first-order valence-electron chi connectivity index (χ1n) is 12.7. The highest BCUT2D eigenvalue weighted by atomic mass is 16.5. The monoisotopic (exact) mass is 499 g/mol. The van der Waals surface area contributed by atoms with Gasteiger partial charge in [-0.05, 0) is 49.1 Å². The first-order valence-corrected chi connectivity index (χ1v) is 12.7. The summed E-state index contributed by atoms with van der Waals surface area (Å²) in [5, 5.41) is 7.70. The third kappa shape index (κ3) is 5.36. The summed E-state index contributed by atoms with van der Waals surface area (Å²) in [4.78, 5) is 21.1. The first kappa shape index (κ1) is 24.6. The lowest BCUT2D eigenvalue weighted by Gasteiger charge is -2.29. The number of rotatable bonds is 9. The maximum absolute atomic E-state index is 12.2. The average molecular weight is 500 g/mol. The van der Waals surface area contributed by atoms with Gasteiger partial charge in [0.25, 0.3) is 5.91 Å². The van der Waals surface area contributed by atoms with Crippen molar-refractivity contribution in [2.45, 2.75) is 50.7 Å². The third-order valence-corrected chi connectivity index (χ3v) is 7.07. The molecule has 0 aliphatic heterocycles. The van der Waals surface area contributed by atoms with E-state index >= 15 is 0 Å². The minimum absolute atomic E-state index is 0.0499. The van der Waals surface area contributed by atoms with Gasteiger partial charge in [0.15, 0.2) is 0 Å². The van der Waals surface area contributed by atoms with Crippen molar-refractivity contribution in [1.82, 2.24) is 14.5 Å². The number of aryl methyl sites for hydroxylation is 2. The van der Waals surface area contributed by atoms with Crippen molar-refractivity contribution in [3.05, 3.63) is 72.1 Å². The molecule has 9 heteroatoms. The lowest BCUT2D eigenvalue weighted by Crippen LogP contribution is -2.43. The highest BCUT2D eigenvalue weighted by molar-refractivity contribution is 6.00. The van der Waals surface area contributed by atoms with E-state index in [1.54, 1.807) is 7.11 Å². The fourth-order valence-electron chi connectivity index (χ4n) is 5.04. The van der Waals surface area contributed by atoms with E-state index in [-0.39, 0.29) is 17.6 Å². The van der Waals surface area contributed by atoms with E-state index in [0.29, 0.717) is 11.8 Å². The van der Waals surface area contributed by atoms with E-state index in [1.165, 1.54) is 6.20 Å². The van der Waals surface area contributed by atoms with Crippen LogP contribution in [0.2, 0.25) is 0 Å². The average Bonchev–Trinajstić information content (AvgIpc) is 3.33. The van der Waals surface area contributed by atoms with Crippen LogP contribution >= 0.6 is 0 Å². The Balaban J connectivity index is 1.40. The molecule has 0 unspecified atom stereocenters. The summed E-state index contributed by atoms with van der Waals surface area (Å²) in [6, 6.07) is 16.3. The Morgan fingerprint density at radius 1 is 1.14 bits per heavy atom. The number of hydrogen-bond acceptors (Lipinski definition) is 7. The van der Waals surface area contributed by atoms with Crippen LogP contribution in [0.5, 0.6) is 5.75 Å². The molecule has 1 saturated carbocycles. The summed E-state index contributed by atoms with van der Waals surface area (Å²) >= 11 is 0. The molecule has 0 radical (unpaired) electrons. The van der Waals surface area contributed by atoms with Gasteiger partial charge in [0.05, 0.1) is 12.6 Å². The van der Waals surface area contributed by atoms with Crippen molar-refractivity contribution in [3.8, 4) is 5.75 Å². The molecule has 192 valence electrons. The van der Waals surface area contributed by atoms with Crippen LogP contribution in [0.25, 0.3) is 10.9 Å². The number of para-hydroxylation sites is 1. The number of anilines is 3. The Morgan fingerprint density at radius 2 is 1.97 bits per heavy atom. The van der Waals surface area contributed by atoms with Crippen LogP contribution in [0.3, 0.4) is 0 Å². The summed E-state index contributed by atoms with van der Waals surface area (Å²) in [6.07, 6.45) is 8.55. The maximum Gasteiger partial charge on any atom is 0.254 e. The Morgan fingerprint density at radius 3 is 2.78 bits per heavy atom. The quantitative estimate of drug-likeness (QED) is 0.271. The van der Waals surface area contributed by atoms with Crippen LogP contribution in [0.15, 0.2) is 60.9 Å². The van der Waals surface area contributed by atoms with Gasteiger partial charge in [0, 0.05) is 42.1 Å². The van der Waals surface area contributed by atoms with E-state index in [2.05, 4.69) is 49.6 Å². The van der Waals surface area contributed by atoms with Crippen LogP contribution in [-0.4, -0.2) is 39.6 Å². The maximum atomic E-state index is 12.2. The number of fused-ring (bicyclic) bond motifs is 1. The van der Waals surface area contributed by atoms with Crippen LogP contribution in [-0.2, 0) is 13.0 Å². The normalized spacial score (nSPS) is 17.5. The zero-order chi connectivity index (χ0) is 25.8. The van der Waals surface area contributed by atoms with Crippen molar-refractivity contribution in [1.29, 1.82) is 0 Å². The molecular weight excluding hydrogens is 466 g/mol. The highest BCUT2D eigenvalue weighted by Crippen LogP contribution is 2.29. The lowest BCUT2D eigenvalue weighted by molar-refractivity contribution is 0.100. The van der Waals surface area contributed by atoms with Gasteiger partial charge in [-0.2, -0.15) is 4.98 Å². The summed E-state index contributed by atoms with van der Waals surface area (Å²) in [6.45, 7) is 0.795. The standard InChI is InChI=1S/C28H33N7O2/c1-37-25-12-5-2-7-18(25)13-15-35-16-14-19-22(10-6-11-24(19)35)32-27-20(26(30)36)17-31-28(34-27)33-23-9-4-3-8-21(23)29/h2,5-7,10-12,14,16-17,21,23H,3-4,8-9,13,15,29H2,1H3,(H2,30,36)(H2,31,32,33,34)/t21-,23+/m0/s1. The molecule has 0 spiro atoms. The van der Waals surface area contributed by atoms with Crippen molar-refractivity contribution in [2.75, 3.05) is 17.7 Å². The van der Waals surface area contributed by atoms with E-state index < -0.39 is 5.91 Å². The number of carbonyl (C=O) groups is 1. The van der Waals surface area contributed by atoms with Crippen molar-refractivity contribution in [2.24, 2.45) is 11.5 Å². The van der Waals surface area contributed by atoms with Crippen LogP contribution in [0, 0.1) is 0 Å². The van der Waals surface area contributed by atoms with Gasteiger partial charge >= 0.3 is 0 Å². The minimum atomic E-state index is -0.593. The third-order valence-electron chi connectivity index (χ3n) is 7.07. The molecular formula is C28H33N7O2. The lowest BCUT2D eigenvalue weighted by atomic mass is 9.91. The van der Waals surface area contributed by atoms with Crippen molar-refractivity contribution >= 4 is 34.3 Å². The predicted molar refractivity (Wildman–Crippen MR) is 146 cm³/mol. The van der Waals surface area contributed by atoms with Gasteiger partial charge in [-0.3, -0.25) is 4.79 Å². The topological polar surface area (TPSA) is 133 Å². The van der Waals surface area contributed by atoms with Gasteiger partial charge < -0.3 is 31.4 Å². The highest BCUT2D eigenvalue weighted by Gasteiger charge is 2.23. The fraction of sp³-hybridized carbons (Fsp3) is 0.321. The second-order valence-electron chi connectivity index (χ2n) is 9.45. The number of amides is 1. The molecule has 1 aliphatic carbocycles. The predicted octanol–water partition coefficient (Wildman–Crippen LogP) is 4.21. The number of benzene rings is 2. The molecule has 9 nitrogen and oxygen atoms in total. The Labute approximate surface area is 216 Å². The Bertz CT molecular complexity index is 1400. The second-order valence-corrected chi connectivity index (χ2v) is 9.45. The molecule has 6 N–H and O–H groups in total. The van der Waals surface area contributed by atoms with E-state index in [1.807, 2.05) is 30.3 Å². The van der Waals surface area contributed by atoms with E-state index in [4.69, 9.17) is 16.2 Å². The van der Waals surface area contributed by atoms with Gasteiger partial charge in [-0.1, -0.05) is 37.1 Å². The number of nitrogens with two attached hydrogens (primary N) is 2. The molecule has 1 fully saturated rings. The molecule has 2 aromatic carbocycles. The first-order chi connectivity index (χ1) is 18.0. The van der Waals surface area contributed by atoms with Crippen LogP contribution in [0.4, 0.5) is 17.5 Å². The molecule has 1 aliphatic rings. The van der Waals surface area contributed by atoms with Gasteiger partial charge in [-0.15, -0.1) is 0 Å². The summed E-state index contributed by atoms with van der Waals surface area (Å²) in [5.74, 6) is 1.09. The van der Waals surface area contributed by atoms with Crippen molar-refractivity contribution in [3.63, 3.8) is 0 Å². The minimum Gasteiger partial charge on any atom is -0.496 e. The number of nitrogens with one attached hydrogen (secondary N) is 2. The smallest absolute Gasteiger partial charge is 0.254 e. The number of primary amides is 1. The van der Waals surface area contributed by atoms with Gasteiger partial charge in [-0.25, -0.2) is 4.98 Å². The number of carbonyl (C=O) groups excluding carboxylic acids is 1. The molecule has 0 saturated heterocycles. The number of ether oxygens (including phenoxy) is 1. The number of hydrogen-bond donors (Lipinski definition) is 4. The van der Waals surface area contributed by atoms with Crippen LogP contribution < -0.4 is 26.8 Å². The van der Waals surface area contributed by atoms with Crippen LogP contribution in [0.1, 0.15) is 41.6 Å². The molecule has 4 aromatic rings. The second kappa shape index (κ2) is 10.9. The summed E-state index contributed by atoms with van der Waals surface area (Å²) in [7, 11) is 1.69. The molecule has 2 heterocycles. The zero-order valence-corrected chi connectivity index (χ0v) is 21.0. The number of nitrogens with zero attached hydrogens (tertiary/aromatic N) is 3. The Hall–Kier alpha value is -4.11. The van der Waals surface area contributed by atoms with Gasteiger partial charge in [0.2, 0.25) is 5.95 Å². The molecule has 2 atom stereocenters. The summed E-state index contributed by atoms with van der Waals surface area (Å²) in [5.41, 5.74) is 15.2. The number of aromatic nitrogens is 3. The molecule has 0 bridgehead atoms. The zero-order valence-electron chi connectivity index (χ0n) is 21.0. The molecule has 5 rings (SSSR count). The molecule has 2 aromatic heterocycles. The van der Waals surface area contributed by atoms with Gasteiger partial charge in [0.1, 0.15) is 17.1 Å². The van der Waals surface area contributed by atoms with Crippen molar-refractivity contribution < 1.29 is 9.53 Å². The fourth-order valence-corrected chi connectivity index (χ4v) is 5.04.